The molecule has 5 rings (SSSR count). The number of hydrogen-bond acceptors (Lipinski definition) is 4. The van der Waals surface area contributed by atoms with Gasteiger partial charge in [0.2, 0.25) is 5.91 Å². The van der Waals surface area contributed by atoms with E-state index in [1.165, 1.54) is 44.1 Å². The lowest BCUT2D eigenvalue weighted by molar-refractivity contribution is -0.136. The molecule has 4 fully saturated rings. The summed E-state index contributed by atoms with van der Waals surface area (Å²) < 4.78 is 5.52. The number of morpholine rings is 1. The van der Waals surface area contributed by atoms with Crippen LogP contribution in [0.3, 0.4) is 0 Å². The van der Waals surface area contributed by atoms with Gasteiger partial charge in [0.1, 0.15) is 0 Å². The van der Waals surface area contributed by atoms with Crippen molar-refractivity contribution in [1.29, 1.82) is 0 Å². The monoisotopic (exact) mass is 521 g/mol. The largest absolute Gasteiger partial charge is 0.379 e. The number of likely N-dealkylation sites (tertiary alicyclic amines) is 2. The van der Waals surface area contributed by atoms with Gasteiger partial charge in [0.15, 0.2) is 0 Å². The van der Waals surface area contributed by atoms with Crippen LogP contribution in [0.5, 0.6) is 0 Å². The van der Waals surface area contributed by atoms with Crippen molar-refractivity contribution in [3.63, 3.8) is 0 Å². The van der Waals surface area contributed by atoms with E-state index in [1.807, 2.05) is 6.07 Å². The smallest absolute Gasteiger partial charge is 0.222 e. The number of piperidine rings is 1. The molecule has 1 aromatic carbocycles. The zero-order valence-electron chi connectivity index (χ0n) is 21.0. The molecule has 0 bridgehead atoms. The summed E-state index contributed by atoms with van der Waals surface area (Å²) in [6.07, 6.45) is 10.4. The Morgan fingerprint density at radius 3 is 2.46 bits per heavy atom. The molecule has 0 radical (unpaired) electrons. The standard InChI is InChI=1S/C28H41Cl2N3O2/c29-25-8-7-23(17-26(25)30)28(11-12-31-19-24(20-31)32-13-15-35-16-14-32)10-9-27(34)33(21-28)18-22-5-3-1-2-4-6-22/h7-8,17,22,24H,1-6,9-16,18-21H2. The molecule has 0 N–H and O–H groups in total. The first kappa shape index (κ1) is 25.8. The molecular formula is C28H41Cl2N3O2. The highest BCUT2D eigenvalue weighted by Crippen LogP contribution is 2.41. The molecule has 35 heavy (non-hydrogen) atoms. The minimum absolute atomic E-state index is 0.0586. The molecule has 1 atom stereocenters. The van der Waals surface area contributed by atoms with E-state index in [0.29, 0.717) is 34.3 Å². The molecule has 3 aliphatic heterocycles. The second-order valence-electron chi connectivity index (χ2n) is 11.4. The van der Waals surface area contributed by atoms with Crippen LogP contribution in [-0.2, 0) is 14.9 Å². The van der Waals surface area contributed by atoms with Crippen LogP contribution in [0, 0.1) is 5.92 Å². The lowest BCUT2D eigenvalue weighted by Crippen LogP contribution is -2.62. The third kappa shape index (κ3) is 6.18. The quantitative estimate of drug-likeness (QED) is 0.460. The summed E-state index contributed by atoms with van der Waals surface area (Å²) in [7, 11) is 0. The molecule has 1 aromatic rings. The van der Waals surface area contributed by atoms with Crippen molar-refractivity contribution in [2.75, 3.05) is 59.0 Å². The molecule has 194 valence electrons. The van der Waals surface area contributed by atoms with Crippen LogP contribution in [0.25, 0.3) is 0 Å². The summed E-state index contributed by atoms with van der Waals surface area (Å²) in [6.45, 7) is 8.92. The van der Waals surface area contributed by atoms with Gasteiger partial charge in [-0.05, 0) is 55.8 Å². The Hall–Kier alpha value is -0.850. The van der Waals surface area contributed by atoms with Gasteiger partial charge >= 0.3 is 0 Å². The van der Waals surface area contributed by atoms with Gasteiger partial charge in [0.05, 0.1) is 23.3 Å². The van der Waals surface area contributed by atoms with Crippen LogP contribution < -0.4 is 0 Å². The van der Waals surface area contributed by atoms with E-state index in [0.717, 1.165) is 71.9 Å². The minimum atomic E-state index is -0.0586. The maximum absolute atomic E-state index is 13.1. The van der Waals surface area contributed by atoms with E-state index >= 15 is 0 Å². The number of benzene rings is 1. The first-order valence-corrected chi connectivity index (χ1v) is 14.6. The highest BCUT2D eigenvalue weighted by molar-refractivity contribution is 6.42. The van der Waals surface area contributed by atoms with Gasteiger partial charge in [0.25, 0.3) is 0 Å². The van der Waals surface area contributed by atoms with Crippen LogP contribution in [-0.4, -0.2) is 85.7 Å². The summed E-state index contributed by atoms with van der Waals surface area (Å²) in [6, 6.07) is 6.82. The zero-order valence-corrected chi connectivity index (χ0v) is 22.5. The first-order valence-electron chi connectivity index (χ1n) is 13.8. The van der Waals surface area contributed by atoms with Gasteiger partial charge in [0, 0.05) is 57.1 Å². The molecule has 0 spiro atoms. The normalized spacial score (nSPS) is 28.2. The molecule has 3 saturated heterocycles. The lowest BCUT2D eigenvalue weighted by atomic mass is 9.71. The fraction of sp³-hybridized carbons (Fsp3) is 0.750. The average Bonchev–Trinajstić information content (AvgIpc) is 3.11. The predicted molar refractivity (Wildman–Crippen MR) is 142 cm³/mol. The Labute approximate surface area is 221 Å². The van der Waals surface area contributed by atoms with E-state index in [2.05, 4.69) is 26.8 Å². The number of halogens is 2. The molecular weight excluding hydrogens is 481 g/mol. The van der Waals surface area contributed by atoms with E-state index in [1.54, 1.807) is 0 Å². The highest BCUT2D eigenvalue weighted by Gasteiger charge is 2.42. The molecule has 5 nitrogen and oxygen atoms in total. The van der Waals surface area contributed by atoms with Crippen molar-refractivity contribution in [2.24, 2.45) is 5.92 Å². The molecule has 3 heterocycles. The van der Waals surface area contributed by atoms with Gasteiger partial charge in [-0.15, -0.1) is 0 Å². The molecule has 1 aliphatic carbocycles. The van der Waals surface area contributed by atoms with Crippen LogP contribution in [0.2, 0.25) is 10.0 Å². The first-order chi connectivity index (χ1) is 17.0. The fourth-order valence-corrected chi connectivity index (χ4v) is 7.04. The van der Waals surface area contributed by atoms with Gasteiger partial charge in [-0.1, -0.05) is 55.0 Å². The van der Waals surface area contributed by atoms with Crippen molar-refractivity contribution in [2.45, 2.75) is 69.2 Å². The molecule has 1 unspecified atom stereocenters. The third-order valence-electron chi connectivity index (χ3n) is 9.06. The van der Waals surface area contributed by atoms with Gasteiger partial charge < -0.3 is 14.5 Å². The molecule has 1 amide bonds. The number of carbonyl (C=O) groups excluding carboxylic acids is 1. The predicted octanol–water partition coefficient (Wildman–Crippen LogP) is 5.23. The van der Waals surface area contributed by atoms with Crippen molar-refractivity contribution in [3.05, 3.63) is 33.8 Å². The summed E-state index contributed by atoms with van der Waals surface area (Å²) >= 11 is 12.8. The average molecular weight is 523 g/mol. The Bertz CT molecular complexity index is 864. The summed E-state index contributed by atoms with van der Waals surface area (Å²) in [4.78, 5) is 20.4. The molecule has 0 aromatic heterocycles. The summed E-state index contributed by atoms with van der Waals surface area (Å²) in [5.74, 6) is 0.983. The van der Waals surface area contributed by atoms with Crippen LogP contribution in [0.4, 0.5) is 0 Å². The zero-order chi connectivity index (χ0) is 24.3. The van der Waals surface area contributed by atoms with E-state index < -0.39 is 0 Å². The van der Waals surface area contributed by atoms with E-state index in [4.69, 9.17) is 27.9 Å². The molecule has 1 saturated carbocycles. The van der Waals surface area contributed by atoms with Crippen molar-refractivity contribution in [3.8, 4) is 0 Å². The van der Waals surface area contributed by atoms with E-state index in [9.17, 15) is 4.79 Å². The number of nitrogens with zero attached hydrogens (tertiary/aromatic N) is 3. The van der Waals surface area contributed by atoms with Gasteiger partial charge in [-0.2, -0.15) is 0 Å². The number of rotatable bonds is 7. The Balaban J connectivity index is 1.28. The number of hydrogen-bond donors (Lipinski definition) is 0. The van der Waals surface area contributed by atoms with Crippen LogP contribution in [0.15, 0.2) is 18.2 Å². The Kier molecular flexibility index (Phi) is 8.61. The second kappa shape index (κ2) is 11.7. The summed E-state index contributed by atoms with van der Waals surface area (Å²) in [5.41, 5.74) is 1.19. The fourth-order valence-electron chi connectivity index (χ4n) is 6.74. The minimum Gasteiger partial charge on any atom is -0.379 e. The maximum Gasteiger partial charge on any atom is 0.222 e. The maximum atomic E-state index is 13.1. The Morgan fingerprint density at radius 2 is 1.74 bits per heavy atom. The van der Waals surface area contributed by atoms with E-state index in [-0.39, 0.29) is 5.41 Å². The third-order valence-corrected chi connectivity index (χ3v) is 9.79. The highest BCUT2D eigenvalue weighted by atomic mass is 35.5. The number of ether oxygens (including phenoxy) is 1. The lowest BCUT2D eigenvalue weighted by Gasteiger charge is -2.49. The number of carbonyl (C=O) groups is 1. The van der Waals surface area contributed by atoms with Crippen molar-refractivity contribution in [1.82, 2.24) is 14.7 Å². The molecule has 4 aliphatic rings. The SMILES string of the molecule is O=C1CCC(CCN2CC(N3CCOCC3)C2)(c2ccc(Cl)c(Cl)c2)CN1CC1CCCCCC1. The second-order valence-corrected chi connectivity index (χ2v) is 12.2. The van der Waals surface area contributed by atoms with Crippen LogP contribution in [0.1, 0.15) is 63.4 Å². The molecule has 7 heteroatoms. The topological polar surface area (TPSA) is 36.0 Å². The summed E-state index contributed by atoms with van der Waals surface area (Å²) in [5, 5.41) is 1.22. The van der Waals surface area contributed by atoms with Gasteiger partial charge in [-0.3, -0.25) is 9.69 Å². The van der Waals surface area contributed by atoms with Crippen LogP contribution >= 0.6 is 23.2 Å². The van der Waals surface area contributed by atoms with Gasteiger partial charge in [-0.25, -0.2) is 0 Å². The van der Waals surface area contributed by atoms with Crippen molar-refractivity contribution < 1.29 is 9.53 Å². The number of amides is 1. The Morgan fingerprint density at radius 1 is 1.00 bits per heavy atom. The van der Waals surface area contributed by atoms with Crippen molar-refractivity contribution >= 4 is 29.1 Å².